The molecule has 3 aromatic carbocycles. The Morgan fingerprint density at radius 1 is 0.605 bits per heavy atom. The van der Waals surface area contributed by atoms with Crippen molar-refractivity contribution in [2.75, 3.05) is 4.90 Å². The molecule has 3 heterocycles. The minimum Gasteiger partial charge on any atom is -0.229 e. The van der Waals surface area contributed by atoms with Crippen molar-refractivity contribution in [3.8, 4) is 22.5 Å². The highest BCUT2D eigenvalue weighted by molar-refractivity contribution is 5.77. The van der Waals surface area contributed by atoms with E-state index in [1.807, 2.05) is 0 Å². The van der Waals surface area contributed by atoms with Crippen molar-refractivity contribution in [2.45, 2.75) is 40.7 Å². The highest BCUT2D eigenvalue weighted by atomic mass is 15.3. The molecule has 1 atom stereocenters. The maximum absolute atomic E-state index is 2.54. The summed E-state index contributed by atoms with van der Waals surface area (Å²) >= 11 is 0. The molecular weight excluding hydrogens is 462 g/mol. The fourth-order valence-corrected chi connectivity index (χ4v) is 6.35. The monoisotopic (exact) mass is 497 g/mol. The molecule has 1 unspecified atom stereocenters. The van der Waals surface area contributed by atoms with Crippen molar-refractivity contribution in [1.29, 1.82) is 0 Å². The molecule has 1 aliphatic rings. The summed E-state index contributed by atoms with van der Waals surface area (Å²) in [6.07, 6.45) is 0. The number of pyridine rings is 2. The van der Waals surface area contributed by atoms with Gasteiger partial charge in [-0.3, -0.25) is 0 Å². The highest BCUT2D eigenvalue weighted by Gasteiger charge is 2.37. The normalized spacial score (nSPS) is 14.3. The van der Waals surface area contributed by atoms with E-state index in [4.69, 9.17) is 0 Å². The van der Waals surface area contributed by atoms with E-state index < -0.39 is 0 Å². The predicted molar refractivity (Wildman–Crippen MR) is 156 cm³/mol. The van der Waals surface area contributed by atoms with E-state index in [-0.39, 0.29) is 6.04 Å². The molecule has 188 valence electrons. The number of rotatable bonds is 2. The Hall–Kier alpha value is -4.24. The zero-order valence-electron chi connectivity index (χ0n) is 23.2. The predicted octanol–water partition coefficient (Wildman–Crippen LogP) is 7.76. The molecular formula is C35H35N3+2. The molecule has 0 saturated carbocycles. The van der Waals surface area contributed by atoms with Crippen molar-refractivity contribution < 1.29 is 9.13 Å². The first-order chi connectivity index (χ1) is 18.4. The minimum atomic E-state index is 0.0971. The van der Waals surface area contributed by atoms with E-state index in [2.05, 4.69) is 153 Å². The molecule has 0 N–H and O–H groups in total. The Balaban J connectivity index is 1.80. The van der Waals surface area contributed by atoms with Crippen LogP contribution in [0.15, 0.2) is 97.1 Å². The van der Waals surface area contributed by atoms with Gasteiger partial charge in [-0.05, 0) is 75.6 Å². The van der Waals surface area contributed by atoms with Crippen LogP contribution in [0, 0.1) is 27.7 Å². The Labute approximate surface area is 226 Å². The highest BCUT2D eigenvalue weighted by Crippen LogP contribution is 2.40. The maximum atomic E-state index is 2.54. The molecule has 2 bridgehead atoms. The lowest BCUT2D eigenvalue weighted by molar-refractivity contribution is -0.688. The second-order valence-corrected chi connectivity index (χ2v) is 10.6. The van der Waals surface area contributed by atoms with Gasteiger partial charge >= 0.3 is 0 Å². The first-order valence-corrected chi connectivity index (χ1v) is 13.4. The standard InChI is InChI=1S/C35H35N3/c1-23-21-25(3)35(26(4)22-23)38-33-19-11-17-31(36(33)6)30-16-10-9-15-29(30)27(5)37-32(18-12-20-34(37)38)28-14-8-7-13-24(28)2/h7-22,27H,1-6H3/q+2. The lowest BCUT2D eigenvalue weighted by Gasteiger charge is -2.25. The summed E-state index contributed by atoms with van der Waals surface area (Å²) in [6, 6.07) is 35.7. The number of anilines is 3. The number of aryl methyl sites for hydroxylation is 4. The van der Waals surface area contributed by atoms with Crippen molar-refractivity contribution in [3.05, 3.63) is 125 Å². The summed E-state index contributed by atoms with van der Waals surface area (Å²) in [5, 5.41) is 0. The average molecular weight is 498 g/mol. The number of hydrogen-bond donors (Lipinski definition) is 0. The molecule has 1 aliphatic heterocycles. The van der Waals surface area contributed by atoms with Crippen LogP contribution in [-0.4, -0.2) is 0 Å². The first-order valence-electron chi connectivity index (χ1n) is 13.4. The van der Waals surface area contributed by atoms with Crippen LogP contribution in [0.4, 0.5) is 17.3 Å². The van der Waals surface area contributed by atoms with Crippen LogP contribution >= 0.6 is 0 Å². The fourth-order valence-electron chi connectivity index (χ4n) is 6.35. The number of hydrogen-bond acceptors (Lipinski definition) is 1. The number of aromatic nitrogens is 2. The SMILES string of the molecule is Cc1cc(C)c(N2c3cccc([n+]3C)-c3ccccc3C(C)[n+]3c(-c4ccccc4C)cccc32)c(C)c1. The summed E-state index contributed by atoms with van der Waals surface area (Å²) in [7, 11) is 2.19. The summed E-state index contributed by atoms with van der Waals surface area (Å²) in [5.74, 6) is 2.29. The van der Waals surface area contributed by atoms with Gasteiger partial charge in [0, 0.05) is 28.8 Å². The van der Waals surface area contributed by atoms with E-state index in [1.54, 1.807) is 0 Å². The van der Waals surface area contributed by atoms with Gasteiger partial charge in [-0.25, -0.2) is 9.13 Å². The van der Waals surface area contributed by atoms with Gasteiger partial charge in [0.05, 0.1) is 7.05 Å². The lowest BCUT2D eigenvalue weighted by Crippen LogP contribution is -2.46. The summed E-state index contributed by atoms with van der Waals surface area (Å²) in [6.45, 7) is 11.2. The van der Waals surface area contributed by atoms with Crippen molar-refractivity contribution >= 4 is 17.3 Å². The molecule has 0 radical (unpaired) electrons. The first kappa shape index (κ1) is 24.1. The molecule has 3 heteroatoms. The Morgan fingerprint density at radius 3 is 1.92 bits per heavy atom. The minimum absolute atomic E-state index is 0.0971. The molecule has 6 rings (SSSR count). The molecule has 5 aromatic rings. The summed E-state index contributed by atoms with van der Waals surface area (Å²) < 4.78 is 4.89. The molecule has 0 aliphatic carbocycles. The fraction of sp³-hybridized carbons (Fsp3) is 0.200. The third kappa shape index (κ3) is 3.73. The Bertz CT molecular complexity index is 1680. The third-order valence-corrected chi connectivity index (χ3v) is 8.02. The summed E-state index contributed by atoms with van der Waals surface area (Å²) in [4.78, 5) is 2.47. The molecule has 0 saturated heterocycles. The molecule has 38 heavy (non-hydrogen) atoms. The topological polar surface area (TPSA) is 11.0 Å². The Morgan fingerprint density at radius 2 is 1.21 bits per heavy atom. The second-order valence-electron chi connectivity index (χ2n) is 10.6. The van der Waals surface area contributed by atoms with Gasteiger partial charge in [0.25, 0.3) is 11.6 Å². The zero-order valence-corrected chi connectivity index (χ0v) is 23.2. The Kier molecular flexibility index (Phi) is 5.87. The summed E-state index contributed by atoms with van der Waals surface area (Å²) in [5.41, 5.74) is 12.6. The lowest BCUT2D eigenvalue weighted by atomic mass is 9.96. The van der Waals surface area contributed by atoms with Crippen LogP contribution in [0.1, 0.15) is 40.8 Å². The third-order valence-electron chi connectivity index (χ3n) is 8.02. The van der Waals surface area contributed by atoms with E-state index in [0.29, 0.717) is 0 Å². The van der Waals surface area contributed by atoms with Gasteiger partial charge in [-0.2, -0.15) is 4.90 Å². The van der Waals surface area contributed by atoms with Crippen LogP contribution in [0.25, 0.3) is 22.5 Å². The van der Waals surface area contributed by atoms with Crippen LogP contribution < -0.4 is 14.0 Å². The van der Waals surface area contributed by atoms with E-state index in [1.165, 1.54) is 56.0 Å². The van der Waals surface area contributed by atoms with E-state index in [9.17, 15) is 0 Å². The molecule has 0 fully saturated rings. The van der Waals surface area contributed by atoms with Gasteiger partial charge in [-0.15, -0.1) is 0 Å². The van der Waals surface area contributed by atoms with Gasteiger partial charge in [0.1, 0.15) is 23.1 Å². The smallest absolute Gasteiger partial charge is 0.229 e. The average Bonchev–Trinajstić information content (AvgIpc) is 2.91. The number of benzene rings is 3. The quantitative estimate of drug-likeness (QED) is 0.227. The van der Waals surface area contributed by atoms with Gasteiger partial charge in [0.15, 0.2) is 0 Å². The van der Waals surface area contributed by atoms with Crippen molar-refractivity contribution in [1.82, 2.24) is 0 Å². The molecule has 2 aromatic heterocycles. The molecule has 3 nitrogen and oxygen atoms in total. The number of fused-ring (bicyclic) bond motifs is 5. The van der Waals surface area contributed by atoms with Gasteiger partial charge in [0.2, 0.25) is 0 Å². The molecule has 0 amide bonds. The van der Waals surface area contributed by atoms with Gasteiger partial charge in [-0.1, -0.05) is 66.2 Å². The maximum Gasteiger partial charge on any atom is 0.290 e. The van der Waals surface area contributed by atoms with Crippen LogP contribution in [0.3, 0.4) is 0 Å². The van der Waals surface area contributed by atoms with Crippen molar-refractivity contribution in [2.24, 2.45) is 7.05 Å². The second kappa shape index (κ2) is 9.25. The van der Waals surface area contributed by atoms with Crippen molar-refractivity contribution in [3.63, 3.8) is 0 Å². The largest absolute Gasteiger partial charge is 0.290 e. The van der Waals surface area contributed by atoms with Gasteiger partial charge < -0.3 is 0 Å². The van der Waals surface area contributed by atoms with E-state index >= 15 is 0 Å². The van der Waals surface area contributed by atoms with Crippen LogP contribution in [0.2, 0.25) is 0 Å². The van der Waals surface area contributed by atoms with E-state index in [0.717, 1.165) is 11.6 Å². The van der Waals surface area contributed by atoms with Crippen LogP contribution in [-0.2, 0) is 7.05 Å². The van der Waals surface area contributed by atoms with Crippen LogP contribution in [0.5, 0.6) is 0 Å². The number of nitrogens with zero attached hydrogens (tertiary/aromatic N) is 3. The molecule has 0 spiro atoms. The zero-order chi connectivity index (χ0) is 26.6.